The van der Waals surface area contributed by atoms with Crippen molar-refractivity contribution in [1.29, 1.82) is 0 Å². The van der Waals surface area contributed by atoms with Gasteiger partial charge in [-0.2, -0.15) is 0 Å². The molecule has 0 rings (SSSR count). The first-order valence-electron chi connectivity index (χ1n) is 2.33. The lowest BCUT2D eigenvalue weighted by molar-refractivity contribution is 0.688. The molecule has 0 aromatic heterocycles. The van der Waals surface area contributed by atoms with E-state index in [9.17, 15) is 4.21 Å². The summed E-state index contributed by atoms with van der Waals surface area (Å²) in [6.45, 7) is 1.99. The Kier molecular flexibility index (Phi) is 2.37. The highest BCUT2D eigenvalue weighted by molar-refractivity contribution is 7.99. The number of hydrogen-bond donors (Lipinski definition) is 0. The fraction of sp³-hybridized carbons (Fsp3) is 0.800. The van der Waals surface area contributed by atoms with Crippen LogP contribution in [-0.4, -0.2) is 22.1 Å². The standard InChI is InChI=1S/C5H12OS/c1-4-5-7(2,3)6/h5H,4H2,1-3H3. The van der Waals surface area contributed by atoms with Crippen molar-refractivity contribution >= 4 is 14.9 Å². The van der Waals surface area contributed by atoms with Crippen molar-refractivity contribution in [2.75, 3.05) is 12.5 Å². The van der Waals surface area contributed by atoms with Gasteiger partial charge in [-0.15, -0.1) is 0 Å². The van der Waals surface area contributed by atoms with Gasteiger partial charge in [-0.25, -0.2) is 0 Å². The maximum Gasteiger partial charge on any atom is 0.00431 e. The lowest BCUT2D eigenvalue weighted by atomic mass is 10.6. The summed E-state index contributed by atoms with van der Waals surface area (Å²) in [6, 6.07) is 0. The molecule has 44 valence electrons. The molecule has 0 amide bonds. The van der Waals surface area contributed by atoms with E-state index in [0.29, 0.717) is 0 Å². The van der Waals surface area contributed by atoms with Crippen molar-refractivity contribution in [3.8, 4) is 0 Å². The van der Waals surface area contributed by atoms with Crippen LogP contribution in [0.1, 0.15) is 13.3 Å². The lowest BCUT2D eigenvalue weighted by Crippen LogP contribution is -1.94. The van der Waals surface area contributed by atoms with Gasteiger partial charge >= 0.3 is 0 Å². The van der Waals surface area contributed by atoms with Crippen molar-refractivity contribution in [2.24, 2.45) is 0 Å². The molecular weight excluding hydrogens is 108 g/mol. The van der Waals surface area contributed by atoms with Crippen LogP contribution >= 0.6 is 0 Å². The third kappa shape index (κ3) is 6.02. The zero-order valence-corrected chi connectivity index (χ0v) is 5.92. The van der Waals surface area contributed by atoms with Gasteiger partial charge in [0.1, 0.15) is 0 Å². The van der Waals surface area contributed by atoms with Crippen molar-refractivity contribution in [1.82, 2.24) is 0 Å². The zero-order valence-electron chi connectivity index (χ0n) is 5.10. The number of rotatable bonds is 1. The van der Waals surface area contributed by atoms with Crippen LogP contribution in [0.5, 0.6) is 0 Å². The van der Waals surface area contributed by atoms with E-state index in [1.807, 2.05) is 12.3 Å². The van der Waals surface area contributed by atoms with Crippen molar-refractivity contribution < 1.29 is 4.21 Å². The van der Waals surface area contributed by atoms with E-state index < -0.39 is 9.52 Å². The smallest absolute Gasteiger partial charge is 0.00431 e. The fourth-order valence-electron chi connectivity index (χ4n) is 0.401. The Labute approximate surface area is 45.7 Å². The average molecular weight is 120 g/mol. The van der Waals surface area contributed by atoms with E-state index in [0.717, 1.165) is 6.42 Å². The maximum atomic E-state index is 10.7. The minimum absolute atomic E-state index is 0.909. The van der Waals surface area contributed by atoms with E-state index in [1.165, 1.54) is 0 Å². The first kappa shape index (κ1) is 7.02. The third-order valence-corrected chi connectivity index (χ3v) is 1.70. The van der Waals surface area contributed by atoms with Crippen LogP contribution in [0.2, 0.25) is 0 Å². The molecule has 0 radical (unpaired) electrons. The van der Waals surface area contributed by atoms with Gasteiger partial charge in [-0.05, 0) is 21.3 Å². The largest absolute Gasteiger partial charge is 0.268 e. The van der Waals surface area contributed by atoms with Crippen LogP contribution in [0, 0.1) is 0 Å². The molecular formula is C5H12OS. The summed E-state index contributed by atoms with van der Waals surface area (Å²) in [4.78, 5) is 0. The second-order valence-electron chi connectivity index (χ2n) is 1.88. The Balaban J connectivity index is 4.02. The van der Waals surface area contributed by atoms with Crippen LogP contribution in [0.15, 0.2) is 0 Å². The molecule has 0 aliphatic carbocycles. The summed E-state index contributed by atoms with van der Waals surface area (Å²) in [6.07, 6.45) is 4.40. The summed E-state index contributed by atoms with van der Waals surface area (Å²) in [5.41, 5.74) is 0. The molecule has 0 atom stereocenters. The fourth-order valence-corrected chi connectivity index (χ4v) is 1.20. The van der Waals surface area contributed by atoms with Gasteiger partial charge in [0.05, 0.1) is 0 Å². The summed E-state index contributed by atoms with van der Waals surface area (Å²) in [7, 11) is -1.55. The molecule has 0 aromatic carbocycles. The first-order chi connectivity index (χ1) is 3.06. The van der Waals surface area contributed by atoms with E-state index in [-0.39, 0.29) is 0 Å². The Bertz CT molecular complexity index is 132. The average Bonchev–Trinajstić information content (AvgIpc) is 1.30. The Hall–Kier alpha value is 0.0200. The van der Waals surface area contributed by atoms with Crippen molar-refractivity contribution in [3.63, 3.8) is 0 Å². The molecule has 1 nitrogen and oxygen atoms in total. The molecule has 0 aliphatic rings. The van der Waals surface area contributed by atoms with Crippen molar-refractivity contribution in [3.05, 3.63) is 0 Å². The molecule has 7 heavy (non-hydrogen) atoms. The second kappa shape index (κ2) is 2.36. The molecule has 0 fully saturated rings. The Morgan fingerprint density at radius 1 is 1.57 bits per heavy atom. The van der Waals surface area contributed by atoms with Gasteiger partial charge in [0.25, 0.3) is 0 Å². The molecule has 0 aromatic rings. The van der Waals surface area contributed by atoms with Crippen molar-refractivity contribution in [2.45, 2.75) is 13.3 Å². The van der Waals surface area contributed by atoms with Gasteiger partial charge in [-0.3, -0.25) is 4.21 Å². The normalized spacial score (nSPS) is 11.3. The molecule has 0 saturated heterocycles. The minimum Gasteiger partial charge on any atom is -0.268 e. The second-order valence-corrected chi connectivity index (χ2v) is 4.84. The summed E-state index contributed by atoms with van der Waals surface area (Å²) >= 11 is 0. The molecule has 0 N–H and O–H groups in total. The van der Waals surface area contributed by atoms with E-state index in [4.69, 9.17) is 0 Å². The quantitative estimate of drug-likeness (QED) is 0.466. The van der Waals surface area contributed by atoms with Gasteiger partial charge in [0, 0.05) is 12.5 Å². The molecule has 0 aliphatic heterocycles. The molecule has 0 heterocycles. The first-order valence-corrected chi connectivity index (χ1v) is 4.77. The molecule has 0 unspecified atom stereocenters. The highest BCUT2D eigenvalue weighted by atomic mass is 32.2. The predicted octanol–water partition coefficient (Wildman–Crippen LogP) is 0.743. The molecule has 0 saturated carbocycles. The van der Waals surface area contributed by atoms with E-state index >= 15 is 0 Å². The highest BCUT2D eigenvalue weighted by Gasteiger charge is 1.80. The zero-order chi connectivity index (χ0) is 5.91. The molecule has 2 heteroatoms. The van der Waals surface area contributed by atoms with Crippen LogP contribution < -0.4 is 0 Å². The third-order valence-electron chi connectivity index (χ3n) is 0.568. The van der Waals surface area contributed by atoms with Crippen LogP contribution in [0.4, 0.5) is 0 Å². The summed E-state index contributed by atoms with van der Waals surface area (Å²) in [5.74, 6) is 0. The SMILES string of the molecule is CCC=S(C)(C)=O. The minimum atomic E-state index is -1.55. The topological polar surface area (TPSA) is 17.1 Å². The van der Waals surface area contributed by atoms with E-state index in [1.54, 1.807) is 12.5 Å². The van der Waals surface area contributed by atoms with Gasteiger partial charge < -0.3 is 0 Å². The van der Waals surface area contributed by atoms with Gasteiger partial charge in [0.2, 0.25) is 0 Å². The summed E-state index contributed by atoms with van der Waals surface area (Å²) < 4.78 is 10.7. The van der Waals surface area contributed by atoms with Crippen LogP contribution in [-0.2, 0) is 9.52 Å². The Morgan fingerprint density at radius 2 is 2.00 bits per heavy atom. The summed E-state index contributed by atoms with van der Waals surface area (Å²) in [5, 5.41) is 1.84. The van der Waals surface area contributed by atoms with Crippen LogP contribution in [0.25, 0.3) is 0 Å². The van der Waals surface area contributed by atoms with E-state index in [2.05, 4.69) is 0 Å². The highest BCUT2D eigenvalue weighted by Crippen LogP contribution is 1.76. The predicted molar refractivity (Wildman–Crippen MR) is 36.3 cm³/mol. The molecule has 0 bridgehead atoms. The van der Waals surface area contributed by atoms with Gasteiger partial charge in [0.15, 0.2) is 0 Å². The lowest BCUT2D eigenvalue weighted by Gasteiger charge is -1.87. The number of hydrogen-bond acceptors (Lipinski definition) is 1. The Morgan fingerprint density at radius 3 is 2.00 bits per heavy atom. The van der Waals surface area contributed by atoms with Gasteiger partial charge in [-0.1, -0.05) is 6.92 Å². The van der Waals surface area contributed by atoms with Crippen LogP contribution in [0.3, 0.4) is 0 Å². The monoisotopic (exact) mass is 120 g/mol. The molecule has 0 spiro atoms. The maximum absolute atomic E-state index is 10.7.